The zero-order chi connectivity index (χ0) is 16.2. The Morgan fingerprint density at radius 3 is 2.57 bits per heavy atom. The van der Waals surface area contributed by atoms with Crippen molar-refractivity contribution in [2.45, 2.75) is 31.2 Å². The SMILES string of the molecule is CC[C@@H](C)[C@@H](NS(=O)(=O)c1ccc(Br)cc1Cl)C(=O)OC. The third-order valence-corrected chi connectivity index (χ3v) is 5.55. The normalized spacial score (nSPS) is 14.5. The second-order valence-corrected chi connectivity index (χ2v) is 7.59. The summed E-state index contributed by atoms with van der Waals surface area (Å²) in [4.78, 5) is 11.7. The lowest BCUT2D eigenvalue weighted by Gasteiger charge is -2.22. The average Bonchev–Trinajstić information content (AvgIpc) is 2.42. The quantitative estimate of drug-likeness (QED) is 0.748. The van der Waals surface area contributed by atoms with Gasteiger partial charge >= 0.3 is 5.97 Å². The Morgan fingerprint density at radius 1 is 1.48 bits per heavy atom. The van der Waals surface area contributed by atoms with Crippen molar-refractivity contribution < 1.29 is 17.9 Å². The van der Waals surface area contributed by atoms with Crippen LogP contribution in [-0.4, -0.2) is 27.5 Å². The first-order valence-corrected chi connectivity index (χ1v) is 8.93. The smallest absolute Gasteiger partial charge is 0.324 e. The molecule has 0 heterocycles. The van der Waals surface area contributed by atoms with E-state index in [4.69, 9.17) is 11.6 Å². The first kappa shape index (κ1) is 18.4. The minimum Gasteiger partial charge on any atom is -0.468 e. The van der Waals surface area contributed by atoms with Crippen LogP contribution in [-0.2, 0) is 19.6 Å². The zero-order valence-corrected chi connectivity index (χ0v) is 15.0. The summed E-state index contributed by atoms with van der Waals surface area (Å²) in [5.74, 6) is -0.831. The van der Waals surface area contributed by atoms with Gasteiger partial charge in [0.15, 0.2) is 0 Å². The van der Waals surface area contributed by atoms with Gasteiger partial charge in [-0.3, -0.25) is 4.79 Å². The number of hydrogen-bond donors (Lipinski definition) is 1. The minimum atomic E-state index is -3.92. The lowest BCUT2D eigenvalue weighted by Crippen LogP contribution is -2.45. The predicted molar refractivity (Wildman–Crippen MR) is 84.7 cm³/mol. The third kappa shape index (κ3) is 4.67. The highest BCUT2D eigenvalue weighted by Crippen LogP contribution is 2.26. The van der Waals surface area contributed by atoms with E-state index < -0.39 is 22.0 Å². The van der Waals surface area contributed by atoms with E-state index in [1.807, 2.05) is 6.92 Å². The molecule has 0 radical (unpaired) electrons. The van der Waals surface area contributed by atoms with Crippen LogP contribution in [0, 0.1) is 5.92 Å². The molecule has 0 amide bonds. The fourth-order valence-corrected chi connectivity index (χ4v) is 4.01. The van der Waals surface area contributed by atoms with Gasteiger partial charge in [-0.2, -0.15) is 4.72 Å². The number of halogens is 2. The number of benzene rings is 1. The summed E-state index contributed by atoms with van der Waals surface area (Å²) in [5, 5.41) is 0.0737. The number of hydrogen-bond acceptors (Lipinski definition) is 4. The molecule has 5 nitrogen and oxygen atoms in total. The first-order valence-electron chi connectivity index (χ1n) is 6.28. The number of ether oxygens (including phenoxy) is 1. The molecule has 0 saturated carbocycles. The van der Waals surface area contributed by atoms with Gasteiger partial charge in [-0.15, -0.1) is 0 Å². The molecule has 0 aliphatic carbocycles. The molecule has 0 fully saturated rings. The molecule has 0 aliphatic heterocycles. The average molecular weight is 399 g/mol. The summed E-state index contributed by atoms with van der Waals surface area (Å²) in [6.07, 6.45) is 0.621. The van der Waals surface area contributed by atoms with Gasteiger partial charge < -0.3 is 4.74 Å². The Balaban J connectivity index is 3.14. The maximum atomic E-state index is 12.4. The molecule has 0 saturated heterocycles. The zero-order valence-electron chi connectivity index (χ0n) is 11.9. The van der Waals surface area contributed by atoms with Gasteiger partial charge in [-0.25, -0.2) is 8.42 Å². The van der Waals surface area contributed by atoms with Crippen LogP contribution < -0.4 is 4.72 Å². The molecular weight excluding hydrogens is 382 g/mol. The Hall–Kier alpha value is -0.630. The second kappa shape index (κ2) is 7.58. The Morgan fingerprint density at radius 2 is 2.10 bits per heavy atom. The van der Waals surface area contributed by atoms with Crippen LogP contribution in [0.5, 0.6) is 0 Å². The fraction of sp³-hybridized carbons (Fsp3) is 0.462. The van der Waals surface area contributed by atoms with Crippen LogP contribution in [0.4, 0.5) is 0 Å². The monoisotopic (exact) mass is 397 g/mol. The molecule has 1 rings (SSSR count). The van der Waals surface area contributed by atoms with Crippen LogP contribution in [0.3, 0.4) is 0 Å². The summed E-state index contributed by atoms with van der Waals surface area (Å²) in [7, 11) is -2.70. The Labute approximate surface area is 138 Å². The van der Waals surface area contributed by atoms with Gasteiger partial charge in [0, 0.05) is 4.47 Å². The van der Waals surface area contributed by atoms with Crippen LogP contribution in [0.2, 0.25) is 5.02 Å². The van der Waals surface area contributed by atoms with E-state index in [1.165, 1.54) is 19.2 Å². The summed E-state index contributed by atoms with van der Waals surface area (Å²) < 4.78 is 32.5. The van der Waals surface area contributed by atoms with Crippen molar-refractivity contribution in [3.63, 3.8) is 0 Å². The summed E-state index contributed by atoms with van der Waals surface area (Å²) >= 11 is 9.17. The largest absolute Gasteiger partial charge is 0.468 e. The number of carbonyl (C=O) groups excluding carboxylic acids is 1. The lowest BCUT2D eigenvalue weighted by molar-refractivity contribution is -0.143. The molecule has 0 spiro atoms. The number of carbonyl (C=O) groups is 1. The van der Waals surface area contributed by atoms with Crippen molar-refractivity contribution in [2.24, 2.45) is 5.92 Å². The summed E-state index contributed by atoms with van der Waals surface area (Å²) in [6, 6.07) is 3.47. The van der Waals surface area contributed by atoms with E-state index in [9.17, 15) is 13.2 Å². The topological polar surface area (TPSA) is 72.5 Å². The van der Waals surface area contributed by atoms with Crippen molar-refractivity contribution in [3.8, 4) is 0 Å². The third-order valence-electron chi connectivity index (χ3n) is 3.13. The van der Waals surface area contributed by atoms with E-state index in [1.54, 1.807) is 13.0 Å². The van der Waals surface area contributed by atoms with Crippen molar-refractivity contribution >= 4 is 43.5 Å². The van der Waals surface area contributed by atoms with Crippen LogP contribution >= 0.6 is 27.5 Å². The standard InChI is InChI=1S/C13H17BrClNO4S/c1-4-8(2)12(13(17)20-3)16-21(18,19)11-6-5-9(14)7-10(11)15/h5-8,12,16H,4H2,1-3H3/t8-,12-/m1/s1. The van der Waals surface area contributed by atoms with E-state index >= 15 is 0 Å². The molecular formula is C13H17BrClNO4S. The molecule has 1 aromatic carbocycles. The van der Waals surface area contributed by atoms with Crippen molar-refractivity contribution in [1.29, 1.82) is 0 Å². The molecule has 2 atom stereocenters. The molecule has 21 heavy (non-hydrogen) atoms. The van der Waals surface area contributed by atoms with Gasteiger partial charge in [0.25, 0.3) is 0 Å². The molecule has 8 heteroatoms. The predicted octanol–water partition coefficient (Wildman–Crippen LogP) is 2.97. The van der Waals surface area contributed by atoms with Crippen molar-refractivity contribution in [2.75, 3.05) is 7.11 Å². The molecule has 1 N–H and O–H groups in total. The Kier molecular flexibility index (Phi) is 6.65. The van der Waals surface area contributed by atoms with E-state index in [-0.39, 0.29) is 15.8 Å². The fourth-order valence-electron chi connectivity index (χ4n) is 1.68. The number of methoxy groups -OCH3 is 1. The highest BCUT2D eigenvalue weighted by atomic mass is 79.9. The minimum absolute atomic E-state index is 0.0737. The lowest BCUT2D eigenvalue weighted by atomic mass is 10.0. The van der Waals surface area contributed by atoms with E-state index in [2.05, 4.69) is 25.4 Å². The van der Waals surface area contributed by atoms with Crippen LogP contribution in [0.25, 0.3) is 0 Å². The highest BCUT2D eigenvalue weighted by molar-refractivity contribution is 9.10. The molecule has 118 valence electrons. The maximum Gasteiger partial charge on any atom is 0.324 e. The molecule has 0 aliphatic rings. The van der Waals surface area contributed by atoms with Crippen LogP contribution in [0.1, 0.15) is 20.3 Å². The van der Waals surface area contributed by atoms with E-state index in [0.29, 0.717) is 10.9 Å². The van der Waals surface area contributed by atoms with Gasteiger partial charge in [-0.05, 0) is 24.1 Å². The van der Waals surface area contributed by atoms with Gasteiger partial charge in [0.1, 0.15) is 10.9 Å². The number of nitrogens with one attached hydrogen (secondary N) is 1. The maximum absolute atomic E-state index is 12.4. The summed E-state index contributed by atoms with van der Waals surface area (Å²) in [6.45, 7) is 3.63. The van der Waals surface area contributed by atoms with Crippen LogP contribution in [0.15, 0.2) is 27.6 Å². The van der Waals surface area contributed by atoms with Crippen molar-refractivity contribution in [3.05, 3.63) is 27.7 Å². The number of esters is 1. The van der Waals surface area contributed by atoms with Gasteiger partial charge in [0.05, 0.1) is 12.1 Å². The van der Waals surface area contributed by atoms with Gasteiger partial charge in [0.2, 0.25) is 10.0 Å². The number of sulfonamides is 1. The second-order valence-electron chi connectivity index (χ2n) is 4.58. The van der Waals surface area contributed by atoms with E-state index in [0.717, 1.165) is 0 Å². The summed E-state index contributed by atoms with van der Waals surface area (Å²) in [5.41, 5.74) is 0. The van der Waals surface area contributed by atoms with Crippen molar-refractivity contribution in [1.82, 2.24) is 4.72 Å². The Bertz CT molecular complexity index is 621. The van der Waals surface area contributed by atoms with Gasteiger partial charge in [-0.1, -0.05) is 47.8 Å². The molecule has 1 aromatic rings. The molecule has 0 aromatic heterocycles. The molecule has 0 unspecified atom stereocenters. The number of rotatable bonds is 6. The first-order chi connectivity index (χ1) is 9.72. The highest BCUT2D eigenvalue weighted by Gasteiger charge is 2.31. The molecule has 0 bridgehead atoms.